The summed E-state index contributed by atoms with van der Waals surface area (Å²) in [5.41, 5.74) is 1.06. The lowest BCUT2D eigenvalue weighted by atomic mass is 10.2. The molecule has 13 heavy (non-hydrogen) atoms. The number of nitrogens with one attached hydrogen (secondary N) is 1. The van der Waals surface area contributed by atoms with Crippen LogP contribution < -0.4 is 5.48 Å². The largest absolute Gasteiger partial charge is 0.442 e. The van der Waals surface area contributed by atoms with Gasteiger partial charge in [-0.1, -0.05) is 0 Å². The maximum Gasteiger partial charge on any atom is 0.431 e. The third kappa shape index (κ3) is 9.00. The third-order valence-electron chi connectivity index (χ3n) is 0.764. The molecule has 0 bridgehead atoms. The SMILES string of the molecule is CC(C)(C)OC(=O)NOCC(F)F. The van der Waals surface area contributed by atoms with Crippen LogP contribution in [0.15, 0.2) is 0 Å². The van der Waals surface area contributed by atoms with Crippen molar-refractivity contribution in [3.8, 4) is 0 Å². The molecule has 4 nitrogen and oxygen atoms in total. The summed E-state index contributed by atoms with van der Waals surface area (Å²) in [6.45, 7) is 4.11. The van der Waals surface area contributed by atoms with Gasteiger partial charge in [-0.25, -0.2) is 13.6 Å². The molecule has 0 atom stereocenters. The molecular formula is C7H13F2NO3. The summed E-state index contributed by atoms with van der Waals surface area (Å²) in [5.74, 6) is 0. The predicted molar refractivity (Wildman–Crippen MR) is 41.3 cm³/mol. The first-order valence-electron chi connectivity index (χ1n) is 3.70. The fourth-order valence-corrected chi connectivity index (χ4v) is 0.463. The van der Waals surface area contributed by atoms with Crippen molar-refractivity contribution in [2.24, 2.45) is 0 Å². The van der Waals surface area contributed by atoms with Crippen molar-refractivity contribution >= 4 is 6.09 Å². The zero-order valence-corrected chi connectivity index (χ0v) is 7.77. The fourth-order valence-electron chi connectivity index (χ4n) is 0.463. The van der Waals surface area contributed by atoms with Gasteiger partial charge in [-0.15, -0.1) is 0 Å². The number of carbonyl (C=O) groups is 1. The van der Waals surface area contributed by atoms with Crippen LogP contribution in [0.4, 0.5) is 13.6 Å². The van der Waals surface area contributed by atoms with Gasteiger partial charge in [0.25, 0.3) is 6.43 Å². The summed E-state index contributed by atoms with van der Waals surface area (Å²) in [7, 11) is 0. The molecule has 0 aromatic carbocycles. The van der Waals surface area contributed by atoms with Gasteiger partial charge in [-0.3, -0.25) is 4.84 Å². The highest BCUT2D eigenvalue weighted by Gasteiger charge is 2.16. The molecule has 0 aromatic rings. The summed E-state index contributed by atoms with van der Waals surface area (Å²) in [6.07, 6.45) is -3.50. The molecule has 0 saturated carbocycles. The Morgan fingerprint density at radius 2 is 2.00 bits per heavy atom. The number of alkyl halides is 2. The van der Waals surface area contributed by atoms with Crippen LogP contribution in [-0.4, -0.2) is 24.7 Å². The number of rotatable bonds is 3. The Labute approximate surface area is 75.2 Å². The molecule has 0 rings (SSSR count). The summed E-state index contributed by atoms with van der Waals surface area (Å²) in [5, 5.41) is 0. The molecule has 0 aliphatic carbocycles. The van der Waals surface area contributed by atoms with Gasteiger partial charge in [-0.2, -0.15) is 5.48 Å². The van der Waals surface area contributed by atoms with E-state index in [0.29, 0.717) is 0 Å². The number of ether oxygens (including phenoxy) is 1. The highest BCUT2D eigenvalue weighted by molar-refractivity contribution is 5.66. The van der Waals surface area contributed by atoms with E-state index >= 15 is 0 Å². The molecule has 1 N–H and O–H groups in total. The average Bonchev–Trinajstić information content (AvgIpc) is 1.81. The number of hydrogen-bond donors (Lipinski definition) is 1. The first-order chi connectivity index (χ1) is 5.81. The maximum atomic E-state index is 11.5. The first-order valence-corrected chi connectivity index (χ1v) is 3.70. The lowest BCUT2D eigenvalue weighted by molar-refractivity contribution is -0.0448. The third-order valence-corrected chi connectivity index (χ3v) is 0.764. The van der Waals surface area contributed by atoms with Crippen LogP contribution in [-0.2, 0) is 9.57 Å². The molecule has 0 aromatic heterocycles. The van der Waals surface area contributed by atoms with Gasteiger partial charge in [0.2, 0.25) is 0 Å². The second-order valence-electron chi connectivity index (χ2n) is 3.31. The van der Waals surface area contributed by atoms with E-state index in [0.717, 1.165) is 0 Å². The molecule has 0 radical (unpaired) electrons. The Kier molecular flexibility index (Phi) is 4.61. The van der Waals surface area contributed by atoms with E-state index in [1.54, 1.807) is 26.3 Å². The fraction of sp³-hybridized carbons (Fsp3) is 0.857. The van der Waals surface area contributed by atoms with E-state index in [1.807, 2.05) is 0 Å². The second kappa shape index (κ2) is 4.96. The van der Waals surface area contributed by atoms with Gasteiger partial charge in [0.05, 0.1) is 0 Å². The number of hydroxylamine groups is 1. The van der Waals surface area contributed by atoms with Gasteiger partial charge in [0, 0.05) is 0 Å². The molecule has 0 fully saturated rings. The van der Waals surface area contributed by atoms with Crippen molar-refractivity contribution in [1.82, 2.24) is 5.48 Å². The Balaban J connectivity index is 3.53. The Morgan fingerprint density at radius 3 is 2.38 bits per heavy atom. The molecule has 0 saturated heterocycles. The van der Waals surface area contributed by atoms with E-state index in [2.05, 4.69) is 4.84 Å². The van der Waals surface area contributed by atoms with E-state index in [9.17, 15) is 13.6 Å². The Morgan fingerprint density at radius 1 is 1.46 bits per heavy atom. The minimum Gasteiger partial charge on any atom is -0.442 e. The van der Waals surface area contributed by atoms with Crippen LogP contribution in [0.25, 0.3) is 0 Å². The normalized spacial score (nSPS) is 11.5. The number of halogens is 2. The van der Waals surface area contributed by atoms with Crippen LogP contribution >= 0.6 is 0 Å². The van der Waals surface area contributed by atoms with Crippen molar-refractivity contribution < 1.29 is 23.1 Å². The highest BCUT2D eigenvalue weighted by atomic mass is 19.3. The molecule has 0 heterocycles. The molecule has 1 amide bonds. The van der Waals surface area contributed by atoms with E-state index in [1.165, 1.54) is 0 Å². The standard InChI is InChI=1S/C7H13F2NO3/c1-7(2,3)13-6(11)10-12-4-5(8)9/h5H,4H2,1-3H3,(H,10,11). The number of carbonyl (C=O) groups excluding carboxylic acids is 1. The Bertz CT molecular complexity index is 168. The number of amides is 1. The van der Waals surface area contributed by atoms with Crippen molar-refractivity contribution in [3.05, 3.63) is 0 Å². The first kappa shape index (κ1) is 12.1. The minimum atomic E-state index is -2.62. The van der Waals surface area contributed by atoms with Crippen LogP contribution in [0.2, 0.25) is 0 Å². The average molecular weight is 197 g/mol. The second-order valence-corrected chi connectivity index (χ2v) is 3.31. The predicted octanol–water partition coefficient (Wildman–Crippen LogP) is 1.71. The summed E-state index contributed by atoms with van der Waals surface area (Å²) < 4.78 is 27.7. The van der Waals surface area contributed by atoms with Crippen molar-refractivity contribution in [2.45, 2.75) is 32.8 Å². The molecular weight excluding hydrogens is 184 g/mol. The molecule has 6 heteroatoms. The van der Waals surface area contributed by atoms with Crippen LogP contribution in [0.3, 0.4) is 0 Å². The van der Waals surface area contributed by atoms with Gasteiger partial charge in [-0.05, 0) is 20.8 Å². The van der Waals surface area contributed by atoms with E-state index in [4.69, 9.17) is 4.74 Å². The van der Waals surface area contributed by atoms with Crippen molar-refractivity contribution in [2.75, 3.05) is 6.61 Å². The molecule has 0 unspecified atom stereocenters. The van der Waals surface area contributed by atoms with Crippen LogP contribution in [0.1, 0.15) is 20.8 Å². The summed E-state index contributed by atoms with van der Waals surface area (Å²) in [6, 6.07) is 0. The smallest absolute Gasteiger partial charge is 0.431 e. The van der Waals surface area contributed by atoms with Crippen LogP contribution in [0, 0.1) is 0 Å². The lowest BCUT2D eigenvalue weighted by Crippen LogP contribution is -2.33. The summed E-state index contributed by atoms with van der Waals surface area (Å²) in [4.78, 5) is 14.9. The van der Waals surface area contributed by atoms with Crippen molar-refractivity contribution in [3.63, 3.8) is 0 Å². The molecule has 0 aliphatic heterocycles. The minimum absolute atomic E-state index is 0.668. The zero-order chi connectivity index (χ0) is 10.5. The van der Waals surface area contributed by atoms with E-state index in [-0.39, 0.29) is 0 Å². The Hall–Kier alpha value is -0.910. The monoisotopic (exact) mass is 197 g/mol. The van der Waals surface area contributed by atoms with Crippen molar-refractivity contribution in [1.29, 1.82) is 0 Å². The molecule has 78 valence electrons. The van der Waals surface area contributed by atoms with E-state index < -0.39 is 24.7 Å². The van der Waals surface area contributed by atoms with Gasteiger partial charge < -0.3 is 4.74 Å². The lowest BCUT2D eigenvalue weighted by Gasteiger charge is -2.19. The van der Waals surface area contributed by atoms with Gasteiger partial charge >= 0.3 is 6.09 Å². The topological polar surface area (TPSA) is 47.6 Å². The summed E-state index contributed by atoms with van der Waals surface area (Å²) >= 11 is 0. The molecule has 0 spiro atoms. The number of hydrogen-bond acceptors (Lipinski definition) is 3. The van der Waals surface area contributed by atoms with Gasteiger partial charge in [0.15, 0.2) is 0 Å². The quantitative estimate of drug-likeness (QED) is 0.700. The zero-order valence-electron chi connectivity index (χ0n) is 7.77. The molecule has 0 aliphatic rings. The maximum absolute atomic E-state index is 11.5. The highest BCUT2D eigenvalue weighted by Crippen LogP contribution is 2.06. The van der Waals surface area contributed by atoms with Crippen LogP contribution in [0.5, 0.6) is 0 Å². The van der Waals surface area contributed by atoms with Gasteiger partial charge in [0.1, 0.15) is 12.2 Å².